The monoisotopic (exact) mass is 256 g/mol. The van der Waals surface area contributed by atoms with Crippen LogP contribution in [0.3, 0.4) is 0 Å². The van der Waals surface area contributed by atoms with Crippen LogP contribution in [0.1, 0.15) is 37.0 Å². The van der Waals surface area contributed by atoms with Crippen LogP contribution >= 0.6 is 0 Å². The zero-order valence-electron chi connectivity index (χ0n) is 11.6. The van der Waals surface area contributed by atoms with Crippen LogP contribution in [0.2, 0.25) is 0 Å². The minimum absolute atomic E-state index is 0.222. The lowest BCUT2D eigenvalue weighted by atomic mass is 9.49. The molecule has 0 aromatic heterocycles. The molecule has 2 nitrogen and oxygen atoms in total. The molecule has 0 saturated heterocycles. The summed E-state index contributed by atoms with van der Waals surface area (Å²) in [5, 5.41) is 0. The highest BCUT2D eigenvalue weighted by Gasteiger charge is 2.51. The quantitative estimate of drug-likeness (QED) is 0.606. The molecule has 3 aliphatic rings. The summed E-state index contributed by atoms with van der Waals surface area (Å²) in [6.07, 6.45) is 4.69. The Kier molecular flexibility index (Phi) is 2.96. The van der Waals surface area contributed by atoms with Gasteiger partial charge in [-0.25, -0.2) is 4.79 Å². The SMILES string of the molecule is CC1(C)[C@@H]2CC=C(COC(=O)c3ccccc3)[C@@H]1C2. The summed E-state index contributed by atoms with van der Waals surface area (Å²) in [6.45, 7) is 5.12. The van der Waals surface area contributed by atoms with Gasteiger partial charge in [0.15, 0.2) is 0 Å². The number of carbonyl (C=O) groups is 1. The van der Waals surface area contributed by atoms with Crippen LogP contribution in [0.5, 0.6) is 0 Å². The number of hydrogen-bond donors (Lipinski definition) is 0. The first kappa shape index (κ1) is 12.5. The predicted molar refractivity (Wildman–Crippen MR) is 74.8 cm³/mol. The normalized spacial score (nSPS) is 27.2. The first-order valence-electron chi connectivity index (χ1n) is 7.00. The molecular weight excluding hydrogens is 236 g/mol. The number of allylic oxidation sites excluding steroid dienone is 1. The van der Waals surface area contributed by atoms with Gasteiger partial charge in [-0.3, -0.25) is 0 Å². The number of carbonyl (C=O) groups excluding carboxylic acids is 1. The highest BCUT2D eigenvalue weighted by Crippen LogP contribution is 2.59. The smallest absolute Gasteiger partial charge is 0.338 e. The van der Waals surface area contributed by atoms with E-state index >= 15 is 0 Å². The third-order valence-corrected chi connectivity index (χ3v) is 4.96. The summed E-state index contributed by atoms with van der Waals surface area (Å²) in [6, 6.07) is 9.20. The van der Waals surface area contributed by atoms with Crippen LogP contribution in [-0.4, -0.2) is 12.6 Å². The van der Waals surface area contributed by atoms with Gasteiger partial charge in [0.1, 0.15) is 6.61 Å². The van der Waals surface area contributed by atoms with Crippen molar-refractivity contribution < 1.29 is 9.53 Å². The second-order valence-electron chi connectivity index (χ2n) is 6.26. The fraction of sp³-hybridized carbons (Fsp3) is 0.471. The Bertz CT molecular complexity index is 513. The molecular formula is C17H20O2. The third-order valence-electron chi connectivity index (χ3n) is 4.96. The van der Waals surface area contributed by atoms with Gasteiger partial charge in [0.25, 0.3) is 0 Å². The molecule has 0 radical (unpaired) electrons. The summed E-state index contributed by atoms with van der Waals surface area (Å²) in [7, 11) is 0. The van der Waals surface area contributed by atoms with Crippen LogP contribution in [0.25, 0.3) is 0 Å². The average molecular weight is 256 g/mol. The lowest BCUT2D eigenvalue weighted by Gasteiger charge is -2.56. The van der Waals surface area contributed by atoms with Gasteiger partial charge in [0.2, 0.25) is 0 Å². The van der Waals surface area contributed by atoms with Gasteiger partial charge >= 0.3 is 5.97 Å². The minimum atomic E-state index is -0.222. The van der Waals surface area contributed by atoms with E-state index in [9.17, 15) is 4.79 Å². The molecule has 0 amide bonds. The molecule has 3 aliphatic carbocycles. The van der Waals surface area contributed by atoms with Crippen molar-refractivity contribution in [3.05, 3.63) is 47.5 Å². The highest BCUT2D eigenvalue weighted by molar-refractivity contribution is 5.89. The van der Waals surface area contributed by atoms with E-state index in [0.717, 1.165) is 12.3 Å². The fourth-order valence-corrected chi connectivity index (χ4v) is 3.45. The van der Waals surface area contributed by atoms with Gasteiger partial charge in [-0.2, -0.15) is 0 Å². The van der Waals surface area contributed by atoms with Crippen molar-refractivity contribution in [2.75, 3.05) is 6.61 Å². The second kappa shape index (κ2) is 4.52. The maximum Gasteiger partial charge on any atom is 0.338 e. The van der Waals surface area contributed by atoms with E-state index in [2.05, 4.69) is 19.9 Å². The summed E-state index contributed by atoms with van der Waals surface area (Å²) in [5.41, 5.74) is 2.34. The molecule has 1 saturated carbocycles. The van der Waals surface area contributed by atoms with Crippen LogP contribution in [0.15, 0.2) is 42.0 Å². The number of ether oxygens (including phenoxy) is 1. The molecule has 2 atom stereocenters. The van der Waals surface area contributed by atoms with Crippen molar-refractivity contribution in [1.82, 2.24) is 0 Å². The Labute approximate surface area is 114 Å². The van der Waals surface area contributed by atoms with Crippen LogP contribution in [0.4, 0.5) is 0 Å². The number of fused-ring (bicyclic) bond motifs is 1. The zero-order chi connectivity index (χ0) is 13.5. The number of benzene rings is 1. The minimum Gasteiger partial charge on any atom is -0.458 e. The highest BCUT2D eigenvalue weighted by atomic mass is 16.5. The number of esters is 1. The van der Waals surface area contributed by atoms with Crippen molar-refractivity contribution in [3.8, 4) is 0 Å². The fourth-order valence-electron chi connectivity index (χ4n) is 3.45. The molecule has 1 aromatic rings. The van der Waals surface area contributed by atoms with Crippen molar-refractivity contribution in [1.29, 1.82) is 0 Å². The van der Waals surface area contributed by atoms with Crippen LogP contribution < -0.4 is 0 Å². The maximum absolute atomic E-state index is 11.9. The van der Waals surface area contributed by atoms with Crippen molar-refractivity contribution in [3.63, 3.8) is 0 Å². The molecule has 1 fully saturated rings. The standard InChI is InChI=1S/C17H20O2/c1-17(2)14-9-8-13(15(17)10-14)11-19-16(18)12-6-4-3-5-7-12/h3-8,14-15H,9-11H2,1-2H3/t14-,15+/m1/s1. The van der Waals surface area contributed by atoms with Crippen LogP contribution in [0, 0.1) is 17.3 Å². The third kappa shape index (κ3) is 2.09. The Morgan fingerprint density at radius 1 is 1.32 bits per heavy atom. The lowest BCUT2D eigenvalue weighted by Crippen LogP contribution is -2.48. The molecule has 4 rings (SSSR count). The topological polar surface area (TPSA) is 26.3 Å². The molecule has 100 valence electrons. The Morgan fingerprint density at radius 2 is 2.05 bits per heavy atom. The zero-order valence-corrected chi connectivity index (χ0v) is 11.6. The lowest BCUT2D eigenvalue weighted by molar-refractivity contribution is -0.0155. The van der Waals surface area contributed by atoms with Gasteiger partial charge in [0.05, 0.1) is 5.56 Å². The molecule has 2 heteroatoms. The molecule has 1 aromatic carbocycles. The number of hydrogen-bond acceptors (Lipinski definition) is 2. The molecule has 0 N–H and O–H groups in total. The Hall–Kier alpha value is -1.57. The molecule has 2 bridgehead atoms. The van der Waals surface area contributed by atoms with Crippen LogP contribution in [-0.2, 0) is 4.74 Å². The van der Waals surface area contributed by atoms with Gasteiger partial charge in [-0.05, 0) is 47.8 Å². The molecule has 0 aliphatic heterocycles. The number of rotatable bonds is 3. The summed E-state index contributed by atoms with van der Waals surface area (Å²) in [4.78, 5) is 11.9. The molecule has 0 spiro atoms. The Morgan fingerprint density at radius 3 is 2.68 bits per heavy atom. The van der Waals surface area contributed by atoms with Gasteiger partial charge in [-0.1, -0.05) is 38.1 Å². The first-order valence-corrected chi connectivity index (χ1v) is 7.00. The predicted octanol–water partition coefficient (Wildman–Crippen LogP) is 3.84. The van der Waals surface area contributed by atoms with E-state index in [1.54, 1.807) is 12.1 Å². The van der Waals surface area contributed by atoms with Crippen molar-refractivity contribution >= 4 is 5.97 Å². The molecule has 0 unspecified atom stereocenters. The first-order chi connectivity index (χ1) is 9.09. The average Bonchev–Trinajstić information content (AvgIpc) is 2.45. The van der Waals surface area contributed by atoms with Crippen molar-refractivity contribution in [2.45, 2.75) is 26.7 Å². The van der Waals surface area contributed by atoms with E-state index in [1.165, 1.54) is 12.0 Å². The van der Waals surface area contributed by atoms with E-state index in [0.29, 0.717) is 23.5 Å². The Balaban J connectivity index is 1.62. The van der Waals surface area contributed by atoms with Gasteiger partial charge in [0, 0.05) is 0 Å². The largest absolute Gasteiger partial charge is 0.458 e. The van der Waals surface area contributed by atoms with Gasteiger partial charge in [-0.15, -0.1) is 0 Å². The summed E-state index contributed by atoms with van der Waals surface area (Å²) >= 11 is 0. The van der Waals surface area contributed by atoms with Gasteiger partial charge < -0.3 is 4.74 Å². The van der Waals surface area contributed by atoms with E-state index < -0.39 is 0 Å². The van der Waals surface area contributed by atoms with E-state index in [4.69, 9.17) is 4.74 Å². The van der Waals surface area contributed by atoms with E-state index in [1.807, 2.05) is 18.2 Å². The van der Waals surface area contributed by atoms with E-state index in [-0.39, 0.29) is 5.97 Å². The molecule has 19 heavy (non-hydrogen) atoms. The maximum atomic E-state index is 11.9. The molecule has 0 heterocycles. The second-order valence-corrected chi connectivity index (χ2v) is 6.26. The summed E-state index contributed by atoms with van der Waals surface area (Å²) in [5.74, 6) is 1.21. The summed E-state index contributed by atoms with van der Waals surface area (Å²) < 4.78 is 5.45. The van der Waals surface area contributed by atoms with Crippen molar-refractivity contribution in [2.24, 2.45) is 17.3 Å².